The quantitative estimate of drug-likeness (QED) is 0.760. The Hall–Kier alpha value is -2.46. The van der Waals surface area contributed by atoms with E-state index in [0.29, 0.717) is 5.92 Å². The molecule has 4 rings (SSSR count). The maximum Gasteiger partial charge on any atom is 0.123 e. The first-order valence-electron chi connectivity index (χ1n) is 8.77. The SMILES string of the molecule is COc1ccc2[nH]cc([C@@H]3CCN(Cc4ccccc4OC)C3)c2c1. The third kappa shape index (κ3) is 3.10. The molecule has 3 aromatic rings. The van der Waals surface area contributed by atoms with Crippen LogP contribution in [0.15, 0.2) is 48.7 Å². The summed E-state index contributed by atoms with van der Waals surface area (Å²) in [5.74, 6) is 2.44. The Morgan fingerprint density at radius 1 is 1.12 bits per heavy atom. The minimum absolute atomic E-state index is 0.551. The number of nitrogens with zero attached hydrogens (tertiary/aromatic N) is 1. The van der Waals surface area contributed by atoms with E-state index in [-0.39, 0.29) is 0 Å². The van der Waals surface area contributed by atoms with Crippen molar-refractivity contribution in [1.29, 1.82) is 0 Å². The highest BCUT2D eigenvalue weighted by Gasteiger charge is 2.26. The summed E-state index contributed by atoms with van der Waals surface area (Å²) in [5.41, 5.74) is 3.83. The molecule has 2 aromatic carbocycles. The van der Waals surface area contributed by atoms with Gasteiger partial charge in [-0.05, 0) is 48.7 Å². The minimum Gasteiger partial charge on any atom is -0.497 e. The van der Waals surface area contributed by atoms with Crippen molar-refractivity contribution in [3.8, 4) is 11.5 Å². The Morgan fingerprint density at radius 2 is 2.00 bits per heavy atom. The van der Waals surface area contributed by atoms with Gasteiger partial charge < -0.3 is 14.5 Å². The van der Waals surface area contributed by atoms with Gasteiger partial charge >= 0.3 is 0 Å². The summed E-state index contributed by atoms with van der Waals surface area (Å²) in [6, 6.07) is 14.5. The summed E-state index contributed by atoms with van der Waals surface area (Å²) in [6.45, 7) is 3.12. The molecule has 4 nitrogen and oxygen atoms in total. The van der Waals surface area contributed by atoms with Crippen LogP contribution in [0.2, 0.25) is 0 Å². The number of rotatable bonds is 5. The van der Waals surface area contributed by atoms with Crippen molar-refractivity contribution in [3.05, 3.63) is 59.8 Å². The molecule has 1 N–H and O–H groups in total. The van der Waals surface area contributed by atoms with E-state index in [0.717, 1.165) is 31.1 Å². The average Bonchev–Trinajstić information content (AvgIpc) is 3.28. The van der Waals surface area contributed by atoms with E-state index in [2.05, 4.69) is 40.3 Å². The number of hydrogen-bond acceptors (Lipinski definition) is 3. The maximum atomic E-state index is 5.49. The second-order valence-corrected chi connectivity index (χ2v) is 6.69. The predicted molar refractivity (Wildman–Crippen MR) is 100 cm³/mol. The number of methoxy groups -OCH3 is 2. The summed E-state index contributed by atoms with van der Waals surface area (Å²) in [5, 5.41) is 1.28. The lowest BCUT2D eigenvalue weighted by Gasteiger charge is -2.18. The van der Waals surface area contributed by atoms with Crippen molar-refractivity contribution >= 4 is 10.9 Å². The molecular formula is C21H24N2O2. The summed E-state index contributed by atoms with van der Waals surface area (Å²) < 4.78 is 10.9. The van der Waals surface area contributed by atoms with Crippen molar-refractivity contribution < 1.29 is 9.47 Å². The molecule has 1 aliphatic rings. The largest absolute Gasteiger partial charge is 0.497 e. The number of aromatic amines is 1. The van der Waals surface area contributed by atoms with E-state index in [1.165, 1.54) is 28.5 Å². The topological polar surface area (TPSA) is 37.5 Å². The van der Waals surface area contributed by atoms with Crippen molar-refractivity contribution in [2.45, 2.75) is 18.9 Å². The average molecular weight is 336 g/mol. The highest BCUT2D eigenvalue weighted by molar-refractivity contribution is 5.85. The Morgan fingerprint density at radius 3 is 2.84 bits per heavy atom. The molecule has 0 bridgehead atoms. The van der Waals surface area contributed by atoms with Crippen molar-refractivity contribution in [2.75, 3.05) is 27.3 Å². The Balaban J connectivity index is 1.53. The van der Waals surface area contributed by atoms with Gasteiger partial charge in [0.1, 0.15) is 11.5 Å². The fourth-order valence-electron chi connectivity index (χ4n) is 3.89. The molecule has 1 aromatic heterocycles. The van der Waals surface area contributed by atoms with Crippen LogP contribution in [0.25, 0.3) is 10.9 Å². The molecule has 1 atom stereocenters. The van der Waals surface area contributed by atoms with E-state index in [1.807, 2.05) is 18.2 Å². The van der Waals surface area contributed by atoms with Gasteiger partial charge in [0.15, 0.2) is 0 Å². The van der Waals surface area contributed by atoms with Gasteiger partial charge in [-0.25, -0.2) is 0 Å². The number of nitrogens with one attached hydrogen (secondary N) is 1. The number of H-pyrrole nitrogens is 1. The lowest BCUT2D eigenvalue weighted by atomic mass is 9.98. The molecule has 4 heteroatoms. The van der Waals surface area contributed by atoms with Crippen molar-refractivity contribution in [2.24, 2.45) is 0 Å². The van der Waals surface area contributed by atoms with Crippen LogP contribution in [0.3, 0.4) is 0 Å². The van der Waals surface area contributed by atoms with Crippen LogP contribution in [0.4, 0.5) is 0 Å². The van der Waals surface area contributed by atoms with Crippen LogP contribution < -0.4 is 9.47 Å². The van der Waals surface area contributed by atoms with Crippen LogP contribution >= 0.6 is 0 Å². The first-order chi connectivity index (χ1) is 12.3. The molecule has 25 heavy (non-hydrogen) atoms. The first-order valence-corrected chi connectivity index (χ1v) is 8.77. The van der Waals surface area contributed by atoms with E-state index in [4.69, 9.17) is 9.47 Å². The fraction of sp³-hybridized carbons (Fsp3) is 0.333. The van der Waals surface area contributed by atoms with E-state index < -0.39 is 0 Å². The zero-order chi connectivity index (χ0) is 17.2. The van der Waals surface area contributed by atoms with Gasteiger partial charge in [0.2, 0.25) is 0 Å². The highest BCUT2D eigenvalue weighted by Crippen LogP contribution is 2.35. The van der Waals surface area contributed by atoms with E-state index >= 15 is 0 Å². The monoisotopic (exact) mass is 336 g/mol. The van der Waals surface area contributed by atoms with Gasteiger partial charge in [0.05, 0.1) is 14.2 Å². The molecule has 130 valence electrons. The third-order valence-electron chi connectivity index (χ3n) is 5.22. The number of benzene rings is 2. The molecule has 1 aliphatic heterocycles. The number of likely N-dealkylation sites (tertiary alicyclic amines) is 1. The molecule has 1 saturated heterocycles. The molecular weight excluding hydrogens is 312 g/mol. The van der Waals surface area contributed by atoms with Crippen LogP contribution in [0, 0.1) is 0 Å². The van der Waals surface area contributed by atoms with E-state index in [1.54, 1.807) is 14.2 Å². The molecule has 0 radical (unpaired) electrons. The highest BCUT2D eigenvalue weighted by atomic mass is 16.5. The Labute approximate surface area is 148 Å². The predicted octanol–water partition coefficient (Wildman–Crippen LogP) is 4.17. The second kappa shape index (κ2) is 6.81. The molecule has 0 unspecified atom stereocenters. The third-order valence-corrected chi connectivity index (χ3v) is 5.22. The van der Waals surface area contributed by atoms with Gasteiger partial charge in [-0.3, -0.25) is 4.90 Å². The molecule has 0 spiro atoms. The fourth-order valence-corrected chi connectivity index (χ4v) is 3.89. The van der Waals surface area contributed by atoms with Crippen LogP contribution in [0.5, 0.6) is 11.5 Å². The standard InChI is InChI=1S/C21H24N2O2/c1-24-17-7-8-20-18(11-17)19(12-22-20)15-9-10-23(13-15)14-16-5-3-4-6-21(16)25-2/h3-8,11-12,15,22H,9-10,13-14H2,1-2H3/t15-/m1/s1. The zero-order valence-electron chi connectivity index (χ0n) is 14.8. The van der Waals surface area contributed by atoms with Crippen molar-refractivity contribution in [1.82, 2.24) is 9.88 Å². The van der Waals surface area contributed by atoms with Crippen LogP contribution in [0.1, 0.15) is 23.5 Å². The van der Waals surface area contributed by atoms with Crippen LogP contribution in [-0.4, -0.2) is 37.2 Å². The van der Waals surface area contributed by atoms with E-state index in [9.17, 15) is 0 Å². The van der Waals surface area contributed by atoms with Gasteiger partial charge in [0, 0.05) is 35.8 Å². The molecule has 0 amide bonds. The molecule has 1 fully saturated rings. The molecule has 0 saturated carbocycles. The lowest BCUT2D eigenvalue weighted by Crippen LogP contribution is -2.20. The summed E-state index contributed by atoms with van der Waals surface area (Å²) in [4.78, 5) is 5.92. The van der Waals surface area contributed by atoms with Crippen LogP contribution in [-0.2, 0) is 6.54 Å². The first kappa shape index (κ1) is 16.0. The van der Waals surface area contributed by atoms with Gasteiger partial charge in [-0.15, -0.1) is 0 Å². The number of aromatic nitrogens is 1. The normalized spacial score (nSPS) is 17.9. The number of hydrogen-bond donors (Lipinski definition) is 1. The maximum absolute atomic E-state index is 5.49. The van der Waals surface area contributed by atoms with Crippen molar-refractivity contribution in [3.63, 3.8) is 0 Å². The number of fused-ring (bicyclic) bond motifs is 1. The molecule has 0 aliphatic carbocycles. The van der Waals surface area contributed by atoms with Gasteiger partial charge in [-0.2, -0.15) is 0 Å². The summed E-state index contributed by atoms with van der Waals surface area (Å²) in [7, 11) is 3.46. The zero-order valence-corrected chi connectivity index (χ0v) is 14.8. The summed E-state index contributed by atoms with van der Waals surface area (Å²) in [6.07, 6.45) is 3.35. The number of para-hydroxylation sites is 1. The smallest absolute Gasteiger partial charge is 0.123 e. The Kier molecular flexibility index (Phi) is 4.36. The second-order valence-electron chi connectivity index (χ2n) is 6.69. The van der Waals surface area contributed by atoms with Gasteiger partial charge in [0.25, 0.3) is 0 Å². The minimum atomic E-state index is 0.551. The summed E-state index contributed by atoms with van der Waals surface area (Å²) >= 11 is 0. The lowest BCUT2D eigenvalue weighted by molar-refractivity contribution is 0.317. The number of ether oxygens (including phenoxy) is 2. The molecule has 2 heterocycles. The Bertz CT molecular complexity index is 871. The van der Waals surface area contributed by atoms with Gasteiger partial charge in [-0.1, -0.05) is 18.2 Å².